The minimum Gasteiger partial charge on any atom is -0.430 e. The summed E-state index contributed by atoms with van der Waals surface area (Å²) in [6, 6.07) is 25.5. The molecule has 5 aromatic rings. The molecule has 7 nitrogen and oxygen atoms in total. The highest BCUT2D eigenvalue weighted by Gasteiger charge is 2.36. The predicted octanol–water partition coefficient (Wildman–Crippen LogP) is 4.74. The van der Waals surface area contributed by atoms with E-state index in [9.17, 15) is 4.79 Å². The van der Waals surface area contributed by atoms with E-state index < -0.39 is 0 Å². The average Bonchev–Trinajstić information content (AvgIpc) is 3.34. The lowest BCUT2D eigenvalue weighted by molar-refractivity contribution is 0.280. The molecule has 2 aromatic carbocycles. The Morgan fingerprint density at radius 3 is 2.34 bits per heavy atom. The Bertz CT molecular complexity index is 1590. The van der Waals surface area contributed by atoms with Gasteiger partial charge in [-0.25, -0.2) is 9.97 Å². The van der Waals surface area contributed by atoms with Gasteiger partial charge in [0.1, 0.15) is 0 Å². The summed E-state index contributed by atoms with van der Waals surface area (Å²) in [6.45, 7) is 2.30. The normalized spacial score (nSPS) is 19.0. The van der Waals surface area contributed by atoms with E-state index in [4.69, 9.17) is 19.4 Å². The lowest BCUT2D eigenvalue weighted by atomic mass is 9.83. The number of piperidine rings is 1. The molecule has 1 fully saturated rings. The zero-order valence-electron chi connectivity index (χ0n) is 19.0. The van der Waals surface area contributed by atoms with Crippen molar-refractivity contribution in [1.29, 1.82) is 0 Å². The monoisotopic (exact) mass is 461 g/mol. The van der Waals surface area contributed by atoms with Crippen LogP contribution < -0.4 is 10.5 Å². The molecule has 2 aliphatic heterocycles. The molecule has 2 bridgehead atoms. The van der Waals surface area contributed by atoms with E-state index in [1.807, 2.05) is 71.3 Å². The van der Waals surface area contributed by atoms with Crippen molar-refractivity contribution in [2.24, 2.45) is 5.92 Å². The molecule has 3 aromatic heterocycles. The Labute approximate surface area is 201 Å². The van der Waals surface area contributed by atoms with Crippen LogP contribution in [-0.2, 0) is 6.54 Å². The second-order valence-corrected chi connectivity index (χ2v) is 9.38. The van der Waals surface area contributed by atoms with Crippen LogP contribution in [0.2, 0.25) is 0 Å². The molecule has 1 saturated heterocycles. The molecular formula is C28H23N5O2. The second-order valence-electron chi connectivity index (χ2n) is 9.38. The van der Waals surface area contributed by atoms with Crippen molar-refractivity contribution < 1.29 is 4.42 Å². The van der Waals surface area contributed by atoms with Crippen molar-refractivity contribution >= 4 is 17.0 Å². The van der Waals surface area contributed by atoms with Crippen LogP contribution in [0.3, 0.4) is 0 Å². The number of hydrogen-bond acceptors (Lipinski definition) is 6. The van der Waals surface area contributed by atoms with Gasteiger partial charge in [0.05, 0.1) is 0 Å². The number of fused-ring (bicyclic) bond motifs is 5. The minimum absolute atomic E-state index is 0.0872. The zero-order chi connectivity index (χ0) is 23.4. The van der Waals surface area contributed by atoms with Crippen molar-refractivity contribution in [3.63, 3.8) is 0 Å². The summed E-state index contributed by atoms with van der Waals surface area (Å²) >= 11 is 0. The van der Waals surface area contributed by atoms with E-state index in [2.05, 4.69) is 11.0 Å². The molecule has 0 saturated carbocycles. The van der Waals surface area contributed by atoms with Crippen LogP contribution in [0.1, 0.15) is 18.0 Å². The molecular weight excluding hydrogens is 438 g/mol. The maximum absolute atomic E-state index is 12.5. The summed E-state index contributed by atoms with van der Waals surface area (Å²) in [6.07, 6.45) is 1.07. The van der Waals surface area contributed by atoms with Gasteiger partial charge in [-0.2, -0.15) is 4.98 Å². The molecule has 172 valence electrons. The van der Waals surface area contributed by atoms with Crippen molar-refractivity contribution in [2.45, 2.75) is 18.9 Å². The maximum Gasteiger partial charge on any atom is 0.250 e. The molecule has 7 rings (SSSR count). The molecule has 0 N–H and O–H groups in total. The van der Waals surface area contributed by atoms with Gasteiger partial charge in [0.15, 0.2) is 11.6 Å². The Morgan fingerprint density at radius 2 is 1.54 bits per heavy atom. The molecule has 0 amide bonds. The van der Waals surface area contributed by atoms with E-state index >= 15 is 0 Å². The van der Waals surface area contributed by atoms with Crippen LogP contribution in [-0.4, -0.2) is 32.6 Å². The second kappa shape index (κ2) is 7.91. The van der Waals surface area contributed by atoms with Gasteiger partial charge in [-0.15, -0.1) is 0 Å². The van der Waals surface area contributed by atoms with E-state index in [0.29, 0.717) is 28.9 Å². The van der Waals surface area contributed by atoms with Gasteiger partial charge in [0.2, 0.25) is 17.1 Å². The number of nitrogens with zero attached hydrogens (tertiary/aromatic N) is 5. The van der Waals surface area contributed by atoms with Gasteiger partial charge in [-0.3, -0.25) is 4.79 Å². The van der Waals surface area contributed by atoms with Crippen LogP contribution in [0.15, 0.2) is 88.1 Å². The molecule has 0 unspecified atom stereocenters. The average molecular weight is 462 g/mol. The molecule has 0 spiro atoms. The fourth-order valence-corrected chi connectivity index (χ4v) is 5.51. The summed E-state index contributed by atoms with van der Waals surface area (Å²) in [5.41, 5.74) is 4.20. The van der Waals surface area contributed by atoms with Gasteiger partial charge in [-0.05, 0) is 30.5 Å². The molecule has 0 aliphatic carbocycles. The highest BCUT2D eigenvalue weighted by Crippen LogP contribution is 2.39. The molecule has 7 heteroatoms. The van der Waals surface area contributed by atoms with E-state index in [1.165, 1.54) is 0 Å². The van der Waals surface area contributed by atoms with Crippen molar-refractivity contribution in [1.82, 2.24) is 19.5 Å². The van der Waals surface area contributed by atoms with Crippen LogP contribution in [0, 0.1) is 5.92 Å². The molecule has 35 heavy (non-hydrogen) atoms. The first-order chi connectivity index (χ1) is 17.2. The first kappa shape index (κ1) is 20.1. The number of pyridine rings is 1. The Hall–Kier alpha value is -4.26. The number of hydrogen-bond donors (Lipinski definition) is 0. The lowest BCUT2D eigenvalue weighted by Crippen LogP contribution is -2.47. The highest BCUT2D eigenvalue weighted by atomic mass is 16.4. The van der Waals surface area contributed by atoms with Crippen molar-refractivity contribution in [3.05, 3.63) is 94.9 Å². The lowest BCUT2D eigenvalue weighted by Gasteiger charge is -2.43. The number of rotatable bonds is 3. The fraction of sp³-hybridized carbons (Fsp3) is 0.214. The SMILES string of the molecule is O=c1cccc2n1C[C@@H]1C[C@H]2CN(c2nc(-c3ccccc3)nc3nc(-c4ccccc4)oc23)C1. The topological polar surface area (TPSA) is 77.1 Å². The zero-order valence-corrected chi connectivity index (χ0v) is 19.0. The molecule has 0 radical (unpaired) electrons. The van der Waals surface area contributed by atoms with Crippen molar-refractivity contribution in [3.8, 4) is 22.8 Å². The van der Waals surface area contributed by atoms with Crippen LogP contribution in [0.25, 0.3) is 34.1 Å². The van der Waals surface area contributed by atoms with E-state index in [1.54, 1.807) is 6.07 Å². The maximum atomic E-state index is 12.5. The summed E-state index contributed by atoms with van der Waals surface area (Å²) in [4.78, 5) is 29.3. The first-order valence-electron chi connectivity index (χ1n) is 12.0. The summed E-state index contributed by atoms with van der Waals surface area (Å²) in [7, 11) is 0. The quantitative estimate of drug-likeness (QED) is 0.386. The van der Waals surface area contributed by atoms with Crippen LogP contribution >= 0.6 is 0 Å². The summed E-state index contributed by atoms with van der Waals surface area (Å²) < 4.78 is 8.25. The predicted molar refractivity (Wildman–Crippen MR) is 134 cm³/mol. The largest absolute Gasteiger partial charge is 0.430 e. The number of benzene rings is 2. The Morgan fingerprint density at radius 1 is 0.771 bits per heavy atom. The summed E-state index contributed by atoms with van der Waals surface area (Å²) in [5, 5.41) is 0. The van der Waals surface area contributed by atoms with Gasteiger partial charge >= 0.3 is 0 Å². The van der Waals surface area contributed by atoms with Gasteiger partial charge in [0.25, 0.3) is 5.56 Å². The third-order valence-electron chi connectivity index (χ3n) is 7.07. The Kier molecular flexibility index (Phi) is 4.55. The van der Waals surface area contributed by atoms with Gasteiger partial charge < -0.3 is 13.9 Å². The minimum atomic E-state index is 0.0872. The molecule has 2 atom stereocenters. The fourth-order valence-electron chi connectivity index (χ4n) is 5.51. The third kappa shape index (κ3) is 3.43. The van der Waals surface area contributed by atoms with Gasteiger partial charge in [0, 0.05) is 48.4 Å². The first-order valence-corrected chi connectivity index (χ1v) is 12.0. The molecule has 2 aliphatic rings. The number of anilines is 1. The number of aromatic nitrogens is 4. The standard InChI is InChI=1S/C28H23N5O2/c34-23-13-7-12-22-21-14-18(16-33(22)23)15-32(17-21)27-24-26(29-25(30-27)19-8-3-1-4-9-19)31-28(35-24)20-10-5-2-6-11-20/h1-13,18,21H,14-17H2/t18-,21+/m1/s1. The number of oxazole rings is 1. The van der Waals surface area contributed by atoms with Crippen LogP contribution in [0.5, 0.6) is 0 Å². The van der Waals surface area contributed by atoms with E-state index in [-0.39, 0.29) is 11.5 Å². The highest BCUT2D eigenvalue weighted by molar-refractivity contribution is 5.85. The van der Waals surface area contributed by atoms with Crippen molar-refractivity contribution in [2.75, 3.05) is 18.0 Å². The molecule has 5 heterocycles. The smallest absolute Gasteiger partial charge is 0.250 e. The van der Waals surface area contributed by atoms with Crippen LogP contribution in [0.4, 0.5) is 5.82 Å². The van der Waals surface area contributed by atoms with E-state index in [0.717, 1.165) is 48.7 Å². The summed E-state index contributed by atoms with van der Waals surface area (Å²) in [5.74, 6) is 2.56. The van der Waals surface area contributed by atoms with Gasteiger partial charge in [-0.1, -0.05) is 54.6 Å². The Balaban J connectivity index is 1.37. The third-order valence-corrected chi connectivity index (χ3v) is 7.07.